The molecule has 94 valence electrons. The highest BCUT2D eigenvalue weighted by atomic mass is 15.2. The fourth-order valence-electron chi connectivity index (χ4n) is 2.41. The molecular formula is C14H23N3. The van der Waals surface area contributed by atoms with Gasteiger partial charge in [0.25, 0.3) is 0 Å². The van der Waals surface area contributed by atoms with Crippen LogP contribution in [0.3, 0.4) is 0 Å². The average Bonchev–Trinajstić information content (AvgIpc) is 2.39. The maximum atomic E-state index is 3.54. The Morgan fingerprint density at radius 3 is 2.94 bits per heavy atom. The van der Waals surface area contributed by atoms with Crippen LogP contribution in [0.5, 0.6) is 0 Å². The van der Waals surface area contributed by atoms with Crippen molar-refractivity contribution in [2.24, 2.45) is 0 Å². The lowest BCUT2D eigenvalue weighted by atomic mass is 10.1. The van der Waals surface area contributed by atoms with Gasteiger partial charge in [0.05, 0.1) is 0 Å². The smallest absolute Gasteiger partial charge is 0.0320 e. The predicted molar refractivity (Wildman–Crippen MR) is 72.3 cm³/mol. The molecule has 1 aromatic carbocycles. The molecule has 2 N–H and O–H groups in total. The van der Waals surface area contributed by atoms with Gasteiger partial charge in [-0.05, 0) is 19.0 Å². The molecule has 1 aromatic rings. The summed E-state index contributed by atoms with van der Waals surface area (Å²) < 4.78 is 0. The second kappa shape index (κ2) is 6.74. The summed E-state index contributed by atoms with van der Waals surface area (Å²) in [5, 5.41) is 6.79. The summed E-state index contributed by atoms with van der Waals surface area (Å²) in [6.45, 7) is 5.68. The molecule has 1 saturated heterocycles. The molecule has 0 spiro atoms. The molecule has 0 radical (unpaired) electrons. The third-order valence-corrected chi connectivity index (χ3v) is 3.35. The summed E-state index contributed by atoms with van der Waals surface area (Å²) in [6, 6.07) is 11.4. The summed E-state index contributed by atoms with van der Waals surface area (Å²) >= 11 is 0. The van der Waals surface area contributed by atoms with Gasteiger partial charge in [-0.1, -0.05) is 30.3 Å². The van der Waals surface area contributed by atoms with Gasteiger partial charge < -0.3 is 15.5 Å². The molecule has 0 bridgehead atoms. The standard InChI is InChI=1S/C14H23N3/c1-15-11-14-12-17(10-8-16-14)9-7-13-5-3-2-4-6-13/h2-6,14-16H,7-12H2,1H3. The van der Waals surface area contributed by atoms with Crippen molar-refractivity contribution in [3.63, 3.8) is 0 Å². The normalized spacial score (nSPS) is 21.6. The zero-order chi connectivity index (χ0) is 11.9. The second-order valence-corrected chi connectivity index (χ2v) is 4.74. The molecule has 17 heavy (non-hydrogen) atoms. The maximum Gasteiger partial charge on any atom is 0.0320 e. The minimum Gasteiger partial charge on any atom is -0.318 e. The summed E-state index contributed by atoms with van der Waals surface area (Å²) in [6.07, 6.45) is 1.16. The first-order valence-electron chi connectivity index (χ1n) is 6.53. The first kappa shape index (κ1) is 12.6. The van der Waals surface area contributed by atoms with Crippen molar-refractivity contribution in [1.29, 1.82) is 0 Å². The third kappa shape index (κ3) is 4.11. The molecule has 0 saturated carbocycles. The molecule has 1 fully saturated rings. The van der Waals surface area contributed by atoms with Crippen LogP contribution in [-0.2, 0) is 6.42 Å². The number of rotatable bonds is 5. The van der Waals surface area contributed by atoms with E-state index in [0.29, 0.717) is 6.04 Å². The van der Waals surface area contributed by atoms with Gasteiger partial charge in [-0.25, -0.2) is 0 Å². The van der Waals surface area contributed by atoms with E-state index in [1.165, 1.54) is 18.7 Å². The number of nitrogens with zero attached hydrogens (tertiary/aromatic N) is 1. The van der Waals surface area contributed by atoms with E-state index in [-0.39, 0.29) is 0 Å². The largest absolute Gasteiger partial charge is 0.318 e. The van der Waals surface area contributed by atoms with Crippen molar-refractivity contribution < 1.29 is 0 Å². The highest BCUT2D eigenvalue weighted by Gasteiger charge is 2.17. The molecule has 0 aromatic heterocycles. The van der Waals surface area contributed by atoms with E-state index < -0.39 is 0 Å². The molecule has 3 nitrogen and oxygen atoms in total. The van der Waals surface area contributed by atoms with Crippen LogP contribution in [0.15, 0.2) is 30.3 Å². The van der Waals surface area contributed by atoms with Crippen LogP contribution in [0.4, 0.5) is 0 Å². The SMILES string of the molecule is CNCC1CN(CCc2ccccc2)CCN1. The van der Waals surface area contributed by atoms with Crippen LogP contribution in [0.2, 0.25) is 0 Å². The van der Waals surface area contributed by atoms with Crippen LogP contribution < -0.4 is 10.6 Å². The van der Waals surface area contributed by atoms with Gasteiger partial charge in [0.2, 0.25) is 0 Å². The molecule has 1 unspecified atom stereocenters. The number of likely N-dealkylation sites (N-methyl/N-ethyl adjacent to an activating group) is 1. The van der Waals surface area contributed by atoms with Crippen LogP contribution in [0.1, 0.15) is 5.56 Å². The summed E-state index contributed by atoms with van der Waals surface area (Å²) in [5.41, 5.74) is 1.44. The quantitative estimate of drug-likeness (QED) is 0.785. The van der Waals surface area contributed by atoms with E-state index in [0.717, 1.165) is 26.1 Å². The van der Waals surface area contributed by atoms with Crippen molar-refractivity contribution in [2.45, 2.75) is 12.5 Å². The molecule has 1 aliphatic rings. The lowest BCUT2D eigenvalue weighted by molar-refractivity contribution is 0.201. The molecule has 2 rings (SSSR count). The minimum atomic E-state index is 0.601. The van der Waals surface area contributed by atoms with Crippen molar-refractivity contribution in [3.8, 4) is 0 Å². The maximum absolute atomic E-state index is 3.54. The molecule has 1 atom stereocenters. The van der Waals surface area contributed by atoms with Crippen molar-refractivity contribution >= 4 is 0 Å². The van der Waals surface area contributed by atoms with E-state index in [2.05, 4.69) is 45.9 Å². The van der Waals surface area contributed by atoms with Gasteiger partial charge in [-0.3, -0.25) is 0 Å². The highest BCUT2D eigenvalue weighted by Crippen LogP contribution is 2.04. The van der Waals surface area contributed by atoms with Crippen molar-refractivity contribution in [3.05, 3.63) is 35.9 Å². The van der Waals surface area contributed by atoms with E-state index in [1.807, 2.05) is 7.05 Å². The Balaban J connectivity index is 1.75. The van der Waals surface area contributed by atoms with Gasteiger partial charge in [0, 0.05) is 38.8 Å². The van der Waals surface area contributed by atoms with Crippen molar-refractivity contribution in [1.82, 2.24) is 15.5 Å². The Morgan fingerprint density at radius 1 is 1.35 bits per heavy atom. The van der Waals surface area contributed by atoms with Gasteiger partial charge in [-0.2, -0.15) is 0 Å². The van der Waals surface area contributed by atoms with Crippen molar-refractivity contribution in [2.75, 3.05) is 39.8 Å². The summed E-state index contributed by atoms with van der Waals surface area (Å²) in [7, 11) is 2.02. The zero-order valence-corrected chi connectivity index (χ0v) is 10.7. The first-order valence-corrected chi connectivity index (χ1v) is 6.53. The lowest BCUT2D eigenvalue weighted by Crippen LogP contribution is -2.54. The molecule has 3 heteroatoms. The monoisotopic (exact) mass is 233 g/mol. The molecule has 0 amide bonds. The van der Waals surface area contributed by atoms with Gasteiger partial charge in [-0.15, -0.1) is 0 Å². The third-order valence-electron chi connectivity index (χ3n) is 3.35. The lowest BCUT2D eigenvalue weighted by Gasteiger charge is -2.33. The van der Waals surface area contributed by atoms with Gasteiger partial charge in [0.1, 0.15) is 0 Å². The minimum absolute atomic E-state index is 0.601. The van der Waals surface area contributed by atoms with Crippen LogP contribution in [-0.4, -0.2) is 50.7 Å². The fraction of sp³-hybridized carbons (Fsp3) is 0.571. The van der Waals surface area contributed by atoms with E-state index in [9.17, 15) is 0 Å². The summed E-state index contributed by atoms with van der Waals surface area (Å²) in [5.74, 6) is 0. The molecule has 1 heterocycles. The Labute approximate surface area is 104 Å². The first-order chi connectivity index (χ1) is 8.38. The molecular weight excluding hydrogens is 210 g/mol. The summed E-state index contributed by atoms with van der Waals surface area (Å²) in [4.78, 5) is 2.56. The Morgan fingerprint density at radius 2 is 2.18 bits per heavy atom. The average molecular weight is 233 g/mol. The highest BCUT2D eigenvalue weighted by molar-refractivity contribution is 5.14. The van der Waals surface area contributed by atoms with Crippen LogP contribution in [0.25, 0.3) is 0 Å². The van der Waals surface area contributed by atoms with Crippen LogP contribution >= 0.6 is 0 Å². The van der Waals surface area contributed by atoms with Gasteiger partial charge >= 0.3 is 0 Å². The van der Waals surface area contributed by atoms with E-state index in [4.69, 9.17) is 0 Å². The number of nitrogens with one attached hydrogen (secondary N) is 2. The fourth-order valence-corrected chi connectivity index (χ4v) is 2.41. The second-order valence-electron chi connectivity index (χ2n) is 4.74. The number of hydrogen-bond donors (Lipinski definition) is 2. The molecule has 1 aliphatic heterocycles. The zero-order valence-electron chi connectivity index (χ0n) is 10.7. The van der Waals surface area contributed by atoms with E-state index >= 15 is 0 Å². The molecule has 0 aliphatic carbocycles. The number of benzene rings is 1. The number of hydrogen-bond acceptors (Lipinski definition) is 3. The Bertz CT molecular complexity index is 311. The van der Waals surface area contributed by atoms with Crippen LogP contribution in [0, 0.1) is 0 Å². The number of piperazine rings is 1. The Hall–Kier alpha value is -0.900. The topological polar surface area (TPSA) is 27.3 Å². The van der Waals surface area contributed by atoms with E-state index in [1.54, 1.807) is 0 Å². The van der Waals surface area contributed by atoms with Gasteiger partial charge in [0.15, 0.2) is 0 Å². The predicted octanol–water partition coefficient (Wildman–Crippen LogP) is 0.722. The Kier molecular flexibility index (Phi) is 4.98.